The summed E-state index contributed by atoms with van der Waals surface area (Å²) in [4.78, 5) is 15.4. The molecule has 2 N–H and O–H groups in total. The normalized spacial score (nSPS) is 11.5. The third-order valence-electron chi connectivity index (χ3n) is 3.10. The summed E-state index contributed by atoms with van der Waals surface area (Å²) in [5.41, 5.74) is 1.00. The molecule has 0 saturated heterocycles. The van der Waals surface area contributed by atoms with Crippen LogP contribution in [0.5, 0.6) is 0 Å². The van der Waals surface area contributed by atoms with E-state index < -0.39 is 0 Å². The molecule has 0 amide bonds. The summed E-state index contributed by atoms with van der Waals surface area (Å²) in [6.45, 7) is 3.54. The van der Waals surface area contributed by atoms with Crippen LogP contribution < -0.4 is 10.6 Å². The van der Waals surface area contributed by atoms with E-state index in [2.05, 4.69) is 32.5 Å². The highest BCUT2D eigenvalue weighted by Gasteiger charge is 2.04. The van der Waals surface area contributed by atoms with Crippen LogP contribution in [0.4, 0.5) is 0 Å². The molecule has 3 rings (SSSR count). The fourth-order valence-electron chi connectivity index (χ4n) is 2.06. The third-order valence-corrected chi connectivity index (χ3v) is 4.85. The predicted molar refractivity (Wildman–Crippen MR) is 107 cm³/mol. The summed E-state index contributed by atoms with van der Waals surface area (Å²) >= 11 is 3.37. The second-order valence-corrected chi connectivity index (χ2v) is 6.98. The summed E-state index contributed by atoms with van der Waals surface area (Å²) in [7, 11) is 1.77. The number of hydrogen-bond donors (Lipinski definition) is 2. The molecule has 0 saturated carbocycles. The molecule has 0 aliphatic carbocycles. The lowest BCUT2D eigenvalue weighted by Gasteiger charge is -2.10. The number of aromatic nitrogens is 3. The van der Waals surface area contributed by atoms with Crippen LogP contribution in [0, 0.1) is 6.92 Å². The van der Waals surface area contributed by atoms with E-state index in [-0.39, 0.29) is 24.0 Å². The van der Waals surface area contributed by atoms with Crippen molar-refractivity contribution < 1.29 is 0 Å². The molecule has 23 heavy (non-hydrogen) atoms. The van der Waals surface area contributed by atoms with Gasteiger partial charge in [-0.2, -0.15) is 0 Å². The van der Waals surface area contributed by atoms with E-state index in [1.807, 2.05) is 28.4 Å². The third kappa shape index (κ3) is 4.88. The second kappa shape index (κ2) is 8.60. The first kappa shape index (κ1) is 18.1. The Kier molecular flexibility index (Phi) is 6.78. The van der Waals surface area contributed by atoms with Crippen LogP contribution in [0.1, 0.15) is 15.6 Å². The molecule has 0 radical (unpaired) electrons. The molecule has 0 aromatic carbocycles. The maximum absolute atomic E-state index is 4.54. The fraction of sp³-hybridized carbons (Fsp3) is 0.357. The molecule has 124 valence electrons. The number of nitrogens with zero attached hydrogens (tertiary/aromatic N) is 4. The van der Waals surface area contributed by atoms with E-state index in [1.54, 1.807) is 29.7 Å². The molecule has 3 aromatic rings. The van der Waals surface area contributed by atoms with Crippen molar-refractivity contribution in [1.82, 2.24) is 25.0 Å². The summed E-state index contributed by atoms with van der Waals surface area (Å²) < 4.78 is 2.03. The molecule has 0 unspecified atom stereocenters. The number of aliphatic imine (C=N–C) groups is 1. The van der Waals surface area contributed by atoms with Gasteiger partial charge < -0.3 is 10.6 Å². The van der Waals surface area contributed by atoms with Gasteiger partial charge in [-0.1, -0.05) is 0 Å². The Morgan fingerprint density at radius 2 is 2.26 bits per heavy atom. The van der Waals surface area contributed by atoms with Gasteiger partial charge in [0.05, 0.1) is 17.2 Å². The highest BCUT2D eigenvalue weighted by Crippen LogP contribution is 2.11. The van der Waals surface area contributed by atoms with Crippen molar-refractivity contribution in [1.29, 1.82) is 0 Å². The Morgan fingerprint density at radius 3 is 2.96 bits per heavy atom. The van der Waals surface area contributed by atoms with Crippen molar-refractivity contribution in [3.05, 3.63) is 39.5 Å². The molecule has 9 heteroatoms. The molecular weight excluding hydrogens is 443 g/mol. The van der Waals surface area contributed by atoms with Crippen LogP contribution in [0.2, 0.25) is 0 Å². The van der Waals surface area contributed by atoms with Gasteiger partial charge in [0.25, 0.3) is 0 Å². The zero-order valence-corrected chi connectivity index (χ0v) is 16.9. The van der Waals surface area contributed by atoms with Gasteiger partial charge in [-0.25, -0.2) is 9.97 Å². The van der Waals surface area contributed by atoms with Gasteiger partial charge in [-0.3, -0.25) is 9.39 Å². The van der Waals surface area contributed by atoms with E-state index in [9.17, 15) is 0 Å². The molecule has 0 fully saturated rings. The molecule has 0 spiro atoms. The molecule has 6 nitrogen and oxygen atoms in total. The molecular formula is C14H19IN6S2. The summed E-state index contributed by atoms with van der Waals surface area (Å²) in [6.07, 6.45) is 6.86. The second-order valence-electron chi connectivity index (χ2n) is 4.79. The van der Waals surface area contributed by atoms with E-state index in [0.29, 0.717) is 6.54 Å². The minimum Gasteiger partial charge on any atom is -0.356 e. The first-order chi connectivity index (χ1) is 10.7. The zero-order valence-electron chi connectivity index (χ0n) is 12.9. The van der Waals surface area contributed by atoms with E-state index >= 15 is 0 Å². The Labute approximate surface area is 160 Å². The Bertz CT molecular complexity index is 747. The van der Waals surface area contributed by atoms with Crippen LogP contribution >= 0.6 is 46.7 Å². The lowest BCUT2D eigenvalue weighted by Crippen LogP contribution is -2.37. The molecule has 0 atom stereocenters. The van der Waals surface area contributed by atoms with Crippen molar-refractivity contribution in [3.8, 4) is 0 Å². The lowest BCUT2D eigenvalue weighted by molar-refractivity contribution is 0.784. The van der Waals surface area contributed by atoms with Crippen LogP contribution in [-0.2, 0) is 13.0 Å². The smallest absolute Gasteiger partial charge is 0.193 e. The topological polar surface area (TPSA) is 66.6 Å². The van der Waals surface area contributed by atoms with Gasteiger partial charge in [0.2, 0.25) is 0 Å². The number of imidazole rings is 1. The van der Waals surface area contributed by atoms with Crippen LogP contribution in [0.25, 0.3) is 4.96 Å². The number of thiazole rings is 2. The van der Waals surface area contributed by atoms with Crippen molar-refractivity contribution in [2.75, 3.05) is 13.6 Å². The summed E-state index contributed by atoms with van der Waals surface area (Å²) in [5.74, 6) is 0.782. The maximum Gasteiger partial charge on any atom is 0.193 e. The Balaban J connectivity index is 0.00000192. The van der Waals surface area contributed by atoms with Gasteiger partial charge >= 0.3 is 0 Å². The first-order valence-corrected chi connectivity index (χ1v) is 8.71. The first-order valence-electron chi connectivity index (χ1n) is 7.01. The number of hydrogen-bond acceptors (Lipinski definition) is 5. The number of rotatable bonds is 5. The Morgan fingerprint density at radius 1 is 1.39 bits per heavy atom. The maximum atomic E-state index is 4.54. The SMILES string of the molecule is CN=C(NCCc1ncc(C)s1)NCc1cn2ccsc2n1.I. The number of halogens is 1. The summed E-state index contributed by atoms with van der Waals surface area (Å²) in [6, 6.07) is 0. The number of fused-ring (bicyclic) bond motifs is 1. The van der Waals surface area contributed by atoms with Gasteiger partial charge in [0, 0.05) is 48.9 Å². The minimum atomic E-state index is 0. The fourth-order valence-corrected chi connectivity index (χ4v) is 3.57. The Hall–Kier alpha value is -1.20. The minimum absolute atomic E-state index is 0. The van der Waals surface area contributed by atoms with Gasteiger partial charge in [0.1, 0.15) is 0 Å². The van der Waals surface area contributed by atoms with Gasteiger partial charge in [-0.15, -0.1) is 46.7 Å². The number of guanidine groups is 1. The van der Waals surface area contributed by atoms with Gasteiger partial charge in [-0.05, 0) is 6.92 Å². The van der Waals surface area contributed by atoms with E-state index in [0.717, 1.165) is 34.6 Å². The average molecular weight is 462 g/mol. The van der Waals surface area contributed by atoms with Crippen molar-refractivity contribution in [3.63, 3.8) is 0 Å². The average Bonchev–Trinajstić information content (AvgIpc) is 3.18. The molecule has 0 aliphatic rings. The van der Waals surface area contributed by atoms with E-state index in [4.69, 9.17) is 0 Å². The standard InChI is InChI=1S/C14H18N6S2.HI/c1-10-7-17-12(22-10)3-4-16-13(15-2)18-8-11-9-20-5-6-21-14(20)19-11;/h5-7,9H,3-4,8H2,1-2H3,(H2,15,16,18);1H. The molecule has 3 heterocycles. The molecule has 3 aromatic heterocycles. The number of aryl methyl sites for hydroxylation is 1. The van der Waals surface area contributed by atoms with Gasteiger partial charge in [0.15, 0.2) is 10.9 Å². The summed E-state index contributed by atoms with van der Waals surface area (Å²) in [5, 5.41) is 9.75. The van der Waals surface area contributed by atoms with Crippen molar-refractivity contribution >= 4 is 57.6 Å². The van der Waals surface area contributed by atoms with Crippen LogP contribution in [0.3, 0.4) is 0 Å². The highest BCUT2D eigenvalue weighted by atomic mass is 127. The lowest BCUT2D eigenvalue weighted by atomic mass is 10.4. The quantitative estimate of drug-likeness (QED) is 0.348. The van der Waals surface area contributed by atoms with Crippen LogP contribution in [0.15, 0.2) is 29.0 Å². The van der Waals surface area contributed by atoms with Crippen molar-refractivity contribution in [2.24, 2.45) is 4.99 Å². The van der Waals surface area contributed by atoms with Crippen LogP contribution in [-0.4, -0.2) is 33.9 Å². The highest BCUT2D eigenvalue weighted by molar-refractivity contribution is 14.0. The zero-order chi connectivity index (χ0) is 15.4. The monoisotopic (exact) mass is 462 g/mol. The molecule has 0 bridgehead atoms. The largest absolute Gasteiger partial charge is 0.356 e. The van der Waals surface area contributed by atoms with Crippen molar-refractivity contribution in [2.45, 2.75) is 19.9 Å². The van der Waals surface area contributed by atoms with E-state index in [1.165, 1.54) is 4.88 Å². The molecule has 0 aliphatic heterocycles. The predicted octanol–water partition coefficient (Wildman–Crippen LogP) is 2.69. The number of nitrogens with one attached hydrogen (secondary N) is 2.